The van der Waals surface area contributed by atoms with E-state index in [1.165, 1.54) is 12.0 Å². The van der Waals surface area contributed by atoms with Crippen LogP contribution in [0.25, 0.3) is 0 Å². The summed E-state index contributed by atoms with van der Waals surface area (Å²) in [4.78, 5) is 2.58. The average Bonchev–Trinajstić information content (AvgIpc) is 2.91. The van der Waals surface area contributed by atoms with Crippen LogP contribution >= 0.6 is 0 Å². The number of likely N-dealkylation sites (tertiary alicyclic amines) is 1. The molecule has 2 rings (SSSR count). The normalized spacial score (nSPS) is 22.8. The first-order chi connectivity index (χ1) is 10.1. The smallest absolute Gasteiger partial charge is 0.122 e. The summed E-state index contributed by atoms with van der Waals surface area (Å²) in [5, 5.41) is 3.34. The molecular formula is C17H28N2O2. The van der Waals surface area contributed by atoms with Crippen LogP contribution < -0.4 is 14.8 Å². The van der Waals surface area contributed by atoms with Gasteiger partial charge in [0.05, 0.1) is 14.2 Å². The molecule has 1 heterocycles. The fourth-order valence-electron chi connectivity index (χ4n) is 3.40. The highest BCUT2D eigenvalue weighted by Crippen LogP contribution is 2.40. The fraction of sp³-hybridized carbons (Fsp3) is 0.647. The van der Waals surface area contributed by atoms with Gasteiger partial charge < -0.3 is 14.8 Å². The molecule has 1 aliphatic rings. The Morgan fingerprint density at radius 3 is 2.29 bits per heavy atom. The molecule has 0 aromatic heterocycles. The van der Waals surface area contributed by atoms with Gasteiger partial charge >= 0.3 is 0 Å². The number of nitrogens with zero attached hydrogens (tertiary/aromatic N) is 1. The van der Waals surface area contributed by atoms with Gasteiger partial charge in [-0.15, -0.1) is 0 Å². The number of hydrogen-bond donors (Lipinski definition) is 1. The van der Waals surface area contributed by atoms with E-state index >= 15 is 0 Å². The van der Waals surface area contributed by atoms with E-state index in [-0.39, 0.29) is 0 Å². The standard InChI is InChI=1S/C17H28N2O2/c1-12(2)19-7-6-13(11-18-3)17(19)14-8-15(20-4)10-16(9-14)21-5/h8-10,12-13,17-18H,6-7,11H2,1-5H3. The molecule has 0 spiro atoms. The summed E-state index contributed by atoms with van der Waals surface area (Å²) < 4.78 is 10.9. The first kappa shape index (κ1) is 16.1. The second-order valence-corrected chi connectivity index (χ2v) is 6.03. The maximum atomic E-state index is 5.43. The van der Waals surface area contributed by atoms with E-state index in [1.54, 1.807) is 14.2 Å². The zero-order valence-corrected chi connectivity index (χ0v) is 13.8. The molecule has 1 aromatic carbocycles. The molecule has 4 heteroatoms. The predicted octanol–water partition coefficient (Wildman–Crippen LogP) is 2.69. The van der Waals surface area contributed by atoms with Gasteiger partial charge in [-0.1, -0.05) is 0 Å². The second kappa shape index (κ2) is 7.14. The summed E-state index contributed by atoms with van der Waals surface area (Å²) in [6.07, 6.45) is 1.23. The summed E-state index contributed by atoms with van der Waals surface area (Å²) in [6.45, 7) is 6.72. The fourth-order valence-corrected chi connectivity index (χ4v) is 3.40. The largest absolute Gasteiger partial charge is 0.497 e. The Morgan fingerprint density at radius 1 is 1.19 bits per heavy atom. The molecule has 1 aromatic rings. The van der Waals surface area contributed by atoms with E-state index in [9.17, 15) is 0 Å². The minimum absolute atomic E-state index is 0.418. The van der Waals surface area contributed by atoms with Crippen LogP contribution in [0.4, 0.5) is 0 Å². The first-order valence-corrected chi connectivity index (χ1v) is 7.74. The van der Waals surface area contributed by atoms with Crippen LogP contribution in [0, 0.1) is 5.92 Å². The van der Waals surface area contributed by atoms with E-state index in [0.717, 1.165) is 24.6 Å². The molecule has 0 amide bonds. The minimum Gasteiger partial charge on any atom is -0.497 e. The highest BCUT2D eigenvalue weighted by Gasteiger charge is 2.36. The van der Waals surface area contributed by atoms with Crippen molar-refractivity contribution in [1.82, 2.24) is 10.2 Å². The van der Waals surface area contributed by atoms with Crippen molar-refractivity contribution < 1.29 is 9.47 Å². The molecule has 4 nitrogen and oxygen atoms in total. The molecular weight excluding hydrogens is 264 g/mol. The highest BCUT2D eigenvalue weighted by atomic mass is 16.5. The summed E-state index contributed by atoms with van der Waals surface area (Å²) in [6, 6.07) is 7.19. The topological polar surface area (TPSA) is 33.7 Å². The van der Waals surface area contributed by atoms with Gasteiger partial charge in [0, 0.05) is 18.2 Å². The van der Waals surface area contributed by atoms with E-state index in [1.807, 2.05) is 13.1 Å². The Labute approximate surface area is 128 Å². The summed E-state index contributed by atoms with van der Waals surface area (Å²) >= 11 is 0. The predicted molar refractivity (Wildman–Crippen MR) is 86.2 cm³/mol. The Hall–Kier alpha value is -1.26. The van der Waals surface area contributed by atoms with Crippen LogP contribution in [-0.2, 0) is 0 Å². The molecule has 1 N–H and O–H groups in total. The molecule has 21 heavy (non-hydrogen) atoms. The maximum Gasteiger partial charge on any atom is 0.122 e. The number of benzene rings is 1. The zero-order valence-electron chi connectivity index (χ0n) is 13.8. The van der Waals surface area contributed by atoms with Crippen LogP contribution in [0.15, 0.2) is 18.2 Å². The lowest BCUT2D eigenvalue weighted by atomic mass is 9.92. The van der Waals surface area contributed by atoms with Crippen molar-refractivity contribution >= 4 is 0 Å². The van der Waals surface area contributed by atoms with Gasteiger partial charge in [0.25, 0.3) is 0 Å². The van der Waals surface area contributed by atoms with E-state index in [0.29, 0.717) is 18.0 Å². The lowest BCUT2D eigenvalue weighted by molar-refractivity contribution is 0.182. The van der Waals surface area contributed by atoms with Gasteiger partial charge in [-0.3, -0.25) is 4.90 Å². The molecule has 0 aliphatic carbocycles. The van der Waals surface area contributed by atoms with Crippen molar-refractivity contribution in [2.24, 2.45) is 5.92 Å². The molecule has 2 atom stereocenters. The number of hydrogen-bond acceptors (Lipinski definition) is 4. The lowest BCUT2D eigenvalue weighted by Gasteiger charge is -2.32. The summed E-state index contributed by atoms with van der Waals surface area (Å²) in [5.41, 5.74) is 1.29. The van der Waals surface area contributed by atoms with Crippen LogP contribution in [0.3, 0.4) is 0 Å². The molecule has 2 unspecified atom stereocenters. The van der Waals surface area contributed by atoms with Gasteiger partial charge in [-0.25, -0.2) is 0 Å². The van der Waals surface area contributed by atoms with Crippen LogP contribution in [-0.4, -0.2) is 45.3 Å². The van der Waals surface area contributed by atoms with E-state index < -0.39 is 0 Å². The summed E-state index contributed by atoms with van der Waals surface area (Å²) in [7, 11) is 5.44. The lowest BCUT2D eigenvalue weighted by Crippen LogP contribution is -2.33. The average molecular weight is 292 g/mol. The van der Waals surface area contributed by atoms with Crippen molar-refractivity contribution in [2.75, 3.05) is 34.4 Å². The molecule has 1 fully saturated rings. The van der Waals surface area contributed by atoms with Gasteiger partial charge in [0.15, 0.2) is 0 Å². The SMILES string of the molecule is CNCC1CCN(C(C)C)C1c1cc(OC)cc(OC)c1. The van der Waals surface area contributed by atoms with E-state index in [4.69, 9.17) is 9.47 Å². The zero-order chi connectivity index (χ0) is 15.4. The number of nitrogens with one attached hydrogen (secondary N) is 1. The van der Waals surface area contributed by atoms with Crippen molar-refractivity contribution in [3.05, 3.63) is 23.8 Å². The third-order valence-corrected chi connectivity index (χ3v) is 4.41. The Kier molecular flexibility index (Phi) is 5.48. The van der Waals surface area contributed by atoms with Crippen LogP contribution in [0.1, 0.15) is 31.9 Å². The van der Waals surface area contributed by atoms with Crippen LogP contribution in [0.2, 0.25) is 0 Å². The van der Waals surface area contributed by atoms with Crippen molar-refractivity contribution in [1.29, 1.82) is 0 Å². The second-order valence-electron chi connectivity index (χ2n) is 6.03. The van der Waals surface area contributed by atoms with Gasteiger partial charge in [-0.2, -0.15) is 0 Å². The Morgan fingerprint density at radius 2 is 1.81 bits per heavy atom. The molecule has 1 aliphatic heterocycles. The van der Waals surface area contributed by atoms with Crippen molar-refractivity contribution in [2.45, 2.75) is 32.4 Å². The number of methoxy groups -OCH3 is 2. The van der Waals surface area contributed by atoms with Gasteiger partial charge in [0.1, 0.15) is 11.5 Å². The molecule has 1 saturated heterocycles. The quantitative estimate of drug-likeness (QED) is 0.874. The Bertz CT molecular complexity index is 440. The maximum absolute atomic E-state index is 5.43. The molecule has 0 radical (unpaired) electrons. The number of ether oxygens (including phenoxy) is 2. The first-order valence-electron chi connectivity index (χ1n) is 7.74. The third kappa shape index (κ3) is 3.50. The monoisotopic (exact) mass is 292 g/mol. The number of rotatable bonds is 6. The molecule has 0 bridgehead atoms. The minimum atomic E-state index is 0.418. The Balaban J connectivity index is 2.38. The molecule has 118 valence electrons. The van der Waals surface area contributed by atoms with Gasteiger partial charge in [-0.05, 0) is 64.0 Å². The van der Waals surface area contributed by atoms with Crippen LogP contribution in [0.5, 0.6) is 11.5 Å². The van der Waals surface area contributed by atoms with Crippen molar-refractivity contribution in [3.63, 3.8) is 0 Å². The highest BCUT2D eigenvalue weighted by molar-refractivity contribution is 5.40. The molecule has 0 saturated carbocycles. The van der Waals surface area contributed by atoms with Gasteiger partial charge in [0.2, 0.25) is 0 Å². The summed E-state index contributed by atoms with van der Waals surface area (Å²) in [5.74, 6) is 2.35. The third-order valence-electron chi connectivity index (χ3n) is 4.41. The van der Waals surface area contributed by atoms with E-state index in [2.05, 4.69) is 36.2 Å². The van der Waals surface area contributed by atoms with Crippen molar-refractivity contribution in [3.8, 4) is 11.5 Å².